The van der Waals surface area contributed by atoms with Crippen molar-refractivity contribution in [2.45, 2.75) is 0 Å². The number of fused-ring (bicyclic) bond motifs is 1. The Hall–Kier alpha value is -2.21. The van der Waals surface area contributed by atoms with Crippen LogP contribution in [0.25, 0.3) is 11.0 Å². The molecule has 0 unspecified atom stereocenters. The first-order valence-electron chi connectivity index (χ1n) is 5.26. The van der Waals surface area contributed by atoms with Crippen molar-refractivity contribution in [3.05, 3.63) is 51.0 Å². The molecule has 18 heavy (non-hydrogen) atoms. The normalized spacial score (nSPS) is 12.2. The first-order valence-corrected chi connectivity index (χ1v) is 6.08. The number of aromatic nitrogens is 3. The van der Waals surface area contributed by atoms with Gasteiger partial charge in [0.1, 0.15) is 12.1 Å². The molecule has 5 nitrogen and oxygen atoms in total. The van der Waals surface area contributed by atoms with Crippen molar-refractivity contribution < 1.29 is 4.74 Å². The molecule has 0 saturated carbocycles. The molecule has 6 heteroatoms. The fourth-order valence-corrected chi connectivity index (χ4v) is 2.53. The molecule has 90 valence electrons. The van der Waals surface area contributed by atoms with Gasteiger partial charge in [-0.3, -0.25) is 4.79 Å². The van der Waals surface area contributed by atoms with E-state index >= 15 is 0 Å². The summed E-state index contributed by atoms with van der Waals surface area (Å²) in [4.78, 5) is 12.6. The average Bonchev–Trinajstić information content (AvgIpc) is 2.95. The number of ether oxygens (including phenoxy) is 1. The van der Waals surface area contributed by atoms with E-state index in [-0.39, 0.29) is 5.56 Å². The molecule has 0 aliphatic rings. The Labute approximate surface area is 106 Å². The van der Waals surface area contributed by atoms with E-state index in [4.69, 9.17) is 4.74 Å². The van der Waals surface area contributed by atoms with Gasteiger partial charge >= 0.3 is 0 Å². The maximum atomic E-state index is 12.0. The van der Waals surface area contributed by atoms with Gasteiger partial charge in [0, 0.05) is 0 Å². The van der Waals surface area contributed by atoms with Gasteiger partial charge in [-0.25, -0.2) is 4.40 Å². The maximum absolute atomic E-state index is 12.0. The van der Waals surface area contributed by atoms with Crippen molar-refractivity contribution in [3.8, 4) is 5.75 Å². The van der Waals surface area contributed by atoms with Crippen molar-refractivity contribution in [2.75, 3.05) is 7.11 Å². The molecule has 0 N–H and O–H groups in total. The van der Waals surface area contributed by atoms with Crippen LogP contribution in [0.5, 0.6) is 5.75 Å². The van der Waals surface area contributed by atoms with Crippen LogP contribution in [0.15, 0.2) is 35.4 Å². The van der Waals surface area contributed by atoms with Crippen LogP contribution in [0.3, 0.4) is 0 Å². The van der Waals surface area contributed by atoms with E-state index < -0.39 is 0 Å². The summed E-state index contributed by atoms with van der Waals surface area (Å²) in [6.07, 6.45) is 3.26. The molecule has 0 amide bonds. The van der Waals surface area contributed by atoms with Crippen molar-refractivity contribution in [1.29, 1.82) is 0 Å². The molecule has 0 atom stereocenters. The van der Waals surface area contributed by atoms with Gasteiger partial charge in [-0.05, 0) is 23.8 Å². The minimum atomic E-state index is -0.0872. The minimum absolute atomic E-state index is 0.0872. The molecule has 0 bridgehead atoms. The summed E-state index contributed by atoms with van der Waals surface area (Å²) in [7, 11) is 1.62. The van der Waals surface area contributed by atoms with E-state index in [9.17, 15) is 4.79 Å². The van der Waals surface area contributed by atoms with Crippen LogP contribution in [-0.2, 0) is 0 Å². The first-order chi connectivity index (χ1) is 8.78. The number of rotatable bonds is 2. The lowest BCUT2D eigenvalue weighted by atomic mass is 10.2. The second-order valence-electron chi connectivity index (χ2n) is 3.67. The molecule has 0 aliphatic carbocycles. The van der Waals surface area contributed by atoms with E-state index in [1.807, 2.05) is 30.3 Å². The predicted molar refractivity (Wildman–Crippen MR) is 68.9 cm³/mol. The van der Waals surface area contributed by atoms with E-state index in [0.29, 0.717) is 9.49 Å². The highest BCUT2D eigenvalue weighted by molar-refractivity contribution is 7.15. The predicted octanol–water partition coefficient (Wildman–Crippen LogP) is 0.707. The van der Waals surface area contributed by atoms with Gasteiger partial charge < -0.3 is 4.74 Å². The quantitative estimate of drug-likeness (QED) is 0.680. The van der Waals surface area contributed by atoms with Crippen LogP contribution in [0.1, 0.15) is 5.56 Å². The Morgan fingerprint density at radius 3 is 2.78 bits per heavy atom. The van der Waals surface area contributed by atoms with Gasteiger partial charge in [-0.1, -0.05) is 23.5 Å². The van der Waals surface area contributed by atoms with Crippen LogP contribution in [-0.4, -0.2) is 21.7 Å². The summed E-state index contributed by atoms with van der Waals surface area (Å²) in [5.41, 5.74) is 0.862. The van der Waals surface area contributed by atoms with Crippen molar-refractivity contribution in [1.82, 2.24) is 14.6 Å². The van der Waals surface area contributed by atoms with E-state index in [2.05, 4.69) is 10.2 Å². The van der Waals surface area contributed by atoms with E-state index in [1.165, 1.54) is 22.1 Å². The van der Waals surface area contributed by atoms with Gasteiger partial charge in [0.05, 0.1) is 11.6 Å². The first kappa shape index (κ1) is 10.9. The second-order valence-corrected chi connectivity index (χ2v) is 4.68. The molecule has 3 rings (SSSR count). The summed E-state index contributed by atoms with van der Waals surface area (Å²) in [5.74, 6) is 0.791. The summed E-state index contributed by atoms with van der Waals surface area (Å²) in [6, 6.07) is 7.52. The van der Waals surface area contributed by atoms with Crippen molar-refractivity contribution in [2.24, 2.45) is 0 Å². The fraction of sp³-hybridized carbons (Fsp3) is 0.0833. The van der Waals surface area contributed by atoms with E-state index in [0.717, 1.165) is 11.3 Å². The minimum Gasteiger partial charge on any atom is -0.497 e. The zero-order valence-electron chi connectivity index (χ0n) is 9.53. The monoisotopic (exact) mass is 259 g/mol. The Balaban J connectivity index is 2.12. The highest BCUT2D eigenvalue weighted by Crippen LogP contribution is 2.11. The number of hydrogen-bond acceptors (Lipinski definition) is 5. The Morgan fingerprint density at radius 2 is 2.11 bits per heavy atom. The molecule has 1 aromatic carbocycles. The number of thiazole rings is 1. The third-order valence-electron chi connectivity index (χ3n) is 2.56. The molecule has 3 aromatic rings. The number of nitrogens with zero attached hydrogens (tertiary/aromatic N) is 3. The second kappa shape index (κ2) is 4.23. The lowest BCUT2D eigenvalue weighted by molar-refractivity contribution is 0.415. The Morgan fingerprint density at radius 1 is 1.33 bits per heavy atom. The fourth-order valence-electron chi connectivity index (χ4n) is 1.64. The van der Waals surface area contributed by atoms with Gasteiger partial charge in [0.2, 0.25) is 4.96 Å². The summed E-state index contributed by atoms with van der Waals surface area (Å²) >= 11 is 1.33. The van der Waals surface area contributed by atoms with Crippen LogP contribution in [0.2, 0.25) is 0 Å². The van der Waals surface area contributed by atoms with Crippen LogP contribution >= 0.6 is 11.3 Å². The highest BCUT2D eigenvalue weighted by Gasteiger charge is 2.04. The van der Waals surface area contributed by atoms with Gasteiger partial charge in [-0.15, -0.1) is 10.2 Å². The van der Waals surface area contributed by atoms with Crippen molar-refractivity contribution >= 4 is 22.4 Å². The largest absolute Gasteiger partial charge is 0.497 e. The van der Waals surface area contributed by atoms with E-state index in [1.54, 1.807) is 7.11 Å². The smallest absolute Gasteiger partial charge is 0.275 e. The van der Waals surface area contributed by atoms with Gasteiger partial charge in [-0.2, -0.15) is 0 Å². The summed E-state index contributed by atoms with van der Waals surface area (Å²) < 4.78 is 7.17. The summed E-state index contributed by atoms with van der Waals surface area (Å²) in [6.45, 7) is 0. The SMILES string of the molecule is COc1ccc(C=c2sc3nncn3c2=O)cc1. The van der Waals surface area contributed by atoms with Crippen molar-refractivity contribution in [3.63, 3.8) is 0 Å². The van der Waals surface area contributed by atoms with Gasteiger partial charge in [0.15, 0.2) is 0 Å². The number of hydrogen-bond donors (Lipinski definition) is 0. The number of methoxy groups -OCH3 is 1. The molecule has 2 aromatic heterocycles. The topological polar surface area (TPSA) is 56.5 Å². The highest BCUT2D eigenvalue weighted by atomic mass is 32.1. The molecular weight excluding hydrogens is 250 g/mol. The standard InChI is InChI=1S/C12H9N3O2S/c1-17-9-4-2-8(3-5-9)6-10-11(16)15-7-13-14-12(15)18-10/h2-7H,1H3. The molecule has 0 radical (unpaired) electrons. The molecule has 2 heterocycles. The molecule has 0 aliphatic heterocycles. The Bertz CT molecular complexity index is 789. The third kappa shape index (κ3) is 1.76. The molecular formula is C12H9N3O2S. The van der Waals surface area contributed by atoms with Crippen LogP contribution < -0.4 is 14.8 Å². The zero-order valence-corrected chi connectivity index (χ0v) is 10.3. The number of benzene rings is 1. The van der Waals surface area contributed by atoms with Crippen LogP contribution in [0.4, 0.5) is 0 Å². The van der Waals surface area contributed by atoms with Crippen LogP contribution in [0, 0.1) is 0 Å². The molecule has 0 saturated heterocycles. The average molecular weight is 259 g/mol. The lowest BCUT2D eigenvalue weighted by Crippen LogP contribution is -2.22. The summed E-state index contributed by atoms with van der Waals surface area (Å²) in [5, 5.41) is 7.55. The lowest BCUT2D eigenvalue weighted by Gasteiger charge is -1.98. The zero-order chi connectivity index (χ0) is 12.5. The van der Waals surface area contributed by atoms with Gasteiger partial charge in [0.25, 0.3) is 5.56 Å². The molecule has 0 fully saturated rings. The maximum Gasteiger partial charge on any atom is 0.275 e. The Kier molecular flexibility index (Phi) is 2.56. The molecule has 0 spiro atoms. The third-order valence-corrected chi connectivity index (χ3v) is 3.53.